The van der Waals surface area contributed by atoms with E-state index in [2.05, 4.69) is 40.0 Å². The van der Waals surface area contributed by atoms with Gasteiger partial charge < -0.3 is 25.8 Å². The molecule has 0 saturated carbocycles. The molecule has 1 fully saturated rings. The Morgan fingerprint density at radius 1 is 1.02 bits per heavy atom. The van der Waals surface area contributed by atoms with Gasteiger partial charge in [0.2, 0.25) is 5.91 Å². The number of aromatic nitrogens is 1. The lowest BCUT2D eigenvalue weighted by molar-refractivity contribution is -0.123. The van der Waals surface area contributed by atoms with Gasteiger partial charge in [0.1, 0.15) is 6.61 Å². The first kappa shape index (κ1) is 29.7. The lowest BCUT2D eigenvalue weighted by Gasteiger charge is -2.25. The van der Waals surface area contributed by atoms with Gasteiger partial charge in [-0.05, 0) is 56.1 Å². The maximum Gasteiger partial charge on any atom is 0.407 e. The van der Waals surface area contributed by atoms with Gasteiger partial charge in [-0.2, -0.15) is 0 Å². The largest absolute Gasteiger partial charge is 0.444 e. The van der Waals surface area contributed by atoms with Gasteiger partial charge in [0.15, 0.2) is 0 Å². The van der Waals surface area contributed by atoms with E-state index in [4.69, 9.17) is 4.74 Å². The molecule has 0 radical (unpaired) electrons. The fraction of sp³-hybridized carbons (Fsp3) is 0.452. The zero-order chi connectivity index (χ0) is 28.2. The number of benzene rings is 2. The smallest absolute Gasteiger partial charge is 0.407 e. The number of aryl methyl sites for hydroxylation is 1. The fourth-order valence-corrected chi connectivity index (χ4v) is 5.90. The van der Waals surface area contributed by atoms with Crippen molar-refractivity contribution >= 4 is 23.3 Å². The van der Waals surface area contributed by atoms with Crippen molar-refractivity contribution in [3.8, 4) is 0 Å². The summed E-state index contributed by atoms with van der Waals surface area (Å²) in [5.74, 6) is -0.101. The van der Waals surface area contributed by atoms with Gasteiger partial charge in [-0.25, -0.2) is 9.78 Å². The van der Waals surface area contributed by atoms with E-state index in [1.807, 2.05) is 48.5 Å². The Morgan fingerprint density at radius 2 is 1.65 bits per heavy atom. The van der Waals surface area contributed by atoms with Crippen LogP contribution in [-0.2, 0) is 35.4 Å². The third-order valence-electron chi connectivity index (χ3n) is 7.02. The van der Waals surface area contributed by atoms with E-state index in [9.17, 15) is 14.7 Å². The van der Waals surface area contributed by atoms with Gasteiger partial charge in [-0.1, -0.05) is 67.6 Å². The monoisotopic (exact) mass is 564 g/mol. The van der Waals surface area contributed by atoms with Crippen LogP contribution in [0.3, 0.4) is 0 Å². The average molecular weight is 565 g/mol. The quantitative estimate of drug-likeness (QED) is 0.234. The Morgan fingerprint density at radius 3 is 2.23 bits per heavy atom. The number of nitrogens with zero attached hydrogens (tertiary/aromatic N) is 1. The maximum atomic E-state index is 13.0. The summed E-state index contributed by atoms with van der Waals surface area (Å²) in [6.07, 6.45) is 5.83. The summed E-state index contributed by atoms with van der Waals surface area (Å²) in [6, 6.07) is 19.4. The van der Waals surface area contributed by atoms with Crippen molar-refractivity contribution in [3.63, 3.8) is 0 Å². The van der Waals surface area contributed by atoms with Crippen molar-refractivity contribution in [1.82, 2.24) is 20.9 Å². The number of alkyl carbamates (subject to hydrolysis) is 1. The molecule has 8 nitrogen and oxygen atoms in total. The standard InChI is InChI=1S/C31H40N4O4S/c1-2-9-29-33-20-27(40-29)21-39-31(38)35-25(17-23-12-7-4-8-13-23)15-14-24(16-22-10-5-3-6-11-22)34-30(37)28-18-26(36)19-32-28/h3-8,10-13,20,24-26,28,32,36H,2,9,14-19,21H2,1H3,(H,34,37)(H,35,38). The van der Waals surface area contributed by atoms with E-state index in [1.165, 1.54) is 0 Å². The average Bonchev–Trinajstić information content (AvgIpc) is 3.60. The van der Waals surface area contributed by atoms with Crippen LogP contribution in [0.15, 0.2) is 66.9 Å². The number of aliphatic hydroxyl groups excluding tert-OH is 1. The second-order valence-electron chi connectivity index (χ2n) is 10.4. The number of rotatable bonds is 14. The zero-order valence-electron chi connectivity index (χ0n) is 23.1. The van der Waals surface area contributed by atoms with Crippen molar-refractivity contribution in [1.29, 1.82) is 0 Å². The molecule has 2 amide bonds. The van der Waals surface area contributed by atoms with Crippen LogP contribution in [0.25, 0.3) is 0 Å². The molecule has 1 saturated heterocycles. The van der Waals surface area contributed by atoms with Crippen LogP contribution < -0.4 is 16.0 Å². The number of thiazole rings is 1. The molecule has 1 aliphatic rings. The van der Waals surface area contributed by atoms with Crippen LogP contribution in [0.4, 0.5) is 4.79 Å². The molecule has 1 aromatic heterocycles. The van der Waals surface area contributed by atoms with Gasteiger partial charge in [0, 0.05) is 24.8 Å². The minimum Gasteiger partial charge on any atom is -0.444 e. The van der Waals surface area contributed by atoms with Gasteiger partial charge in [-0.3, -0.25) is 4.79 Å². The lowest BCUT2D eigenvalue weighted by atomic mass is 9.95. The number of nitrogens with one attached hydrogen (secondary N) is 3. The Labute approximate surface area is 240 Å². The molecule has 3 aromatic rings. The van der Waals surface area contributed by atoms with E-state index in [1.54, 1.807) is 17.5 Å². The Kier molecular flexibility index (Phi) is 11.5. The number of hydrogen-bond acceptors (Lipinski definition) is 7. The van der Waals surface area contributed by atoms with Crippen LogP contribution in [-0.4, -0.2) is 52.9 Å². The zero-order valence-corrected chi connectivity index (χ0v) is 23.9. The predicted octanol–water partition coefficient (Wildman–Crippen LogP) is 4.16. The number of amides is 2. The van der Waals surface area contributed by atoms with Crippen molar-refractivity contribution < 1.29 is 19.4 Å². The maximum absolute atomic E-state index is 13.0. The van der Waals surface area contributed by atoms with E-state index < -0.39 is 18.2 Å². The number of carbonyl (C=O) groups excluding carboxylic acids is 2. The van der Waals surface area contributed by atoms with E-state index >= 15 is 0 Å². The van der Waals surface area contributed by atoms with Crippen molar-refractivity contribution in [2.24, 2.45) is 0 Å². The van der Waals surface area contributed by atoms with Crippen LogP contribution in [0.2, 0.25) is 0 Å². The fourth-order valence-electron chi connectivity index (χ4n) is 4.96. The highest BCUT2D eigenvalue weighted by Gasteiger charge is 2.29. The summed E-state index contributed by atoms with van der Waals surface area (Å²) in [6.45, 7) is 2.73. The highest BCUT2D eigenvalue weighted by molar-refractivity contribution is 7.11. The molecule has 0 aliphatic carbocycles. The van der Waals surface area contributed by atoms with Gasteiger partial charge in [-0.15, -0.1) is 11.3 Å². The number of aliphatic hydroxyl groups is 1. The van der Waals surface area contributed by atoms with E-state index in [-0.39, 0.29) is 24.6 Å². The Balaban J connectivity index is 1.38. The molecular formula is C31H40N4O4S. The molecule has 2 heterocycles. The Bertz CT molecular complexity index is 1190. The predicted molar refractivity (Wildman–Crippen MR) is 157 cm³/mol. The van der Waals surface area contributed by atoms with Gasteiger partial charge in [0.05, 0.1) is 22.0 Å². The van der Waals surface area contributed by atoms with Crippen LogP contribution in [0.1, 0.15) is 53.6 Å². The molecule has 9 heteroatoms. The third kappa shape index (κ3) is 9.73. The second-order valence-corrected chi connectivity index (χ2v) is 11.6. The van der Waals surface area contributed by atoms with Crippen molar-refractivity contribution in [2.75, 3.05) is 6.54 Å². The molecule has 40 heavy (non-hydrogen) atoms. The molecule has 4 N–H and O–H groups in total. The third-order valence-corrected chi connectivity index (χ3v) is 8.05. The van der Waals surface area contributed by atoms with Gasteiger partial charge >= 0.3 is 6.09 Å². The minimum absolute atomic E-state index is 0.101. The molecule has 214 valence electrons. The highest BCUT2D eigenvalue weighted by atomic mass is 32.1. The number of carbonyl (C=O) groups is 2. The molecule has 1 aliphatic heterocycles. The minimum atomic E-state index is -0.503. The lowest BCUT2D eigenvalue weighted by Crippen LogP contribution is -2.46. The molecule has 4 unspecified atom stereocenters. The summed E-state index contributed by atoms with van der Waals surface area (Å²) >= 11 is 1.58. The molecule has 2 aromatic carbocycles. The summed E-state index contributed by atoms with van der Waals surface area (Å²) in [5, 5.41) is 20.3. The summed E-state index contributed by atoms with van der Waals surface area (Å²) in [5.41, 5.74) is 2.25. The SMILES string of the molecule is CCCc1ncc(COC(=O)NC(CCC(Cc2ccccc2)NC(=O)C2CC(O)CN2)Cc2ccccc2)s1. The summed E-state index contributed by atoms with van der Waals surface area (Å²) in [4.78, 5) is 31.1. The first-order chi connectivity index (χ1) is 19.5. The topological polar surface area (TPSA) is 113 Å². The molecule has 0 spiro atoms. The number of hydrogen-bond donors (Lipinski definition) is 4. The van der Waals surface area contributed by atoms with E-state index in [0.717, 1.165) is 33.9 Å². The Hall–Kier alpha value is -3.27. The first-order valence-corrected chi connectivity index (χ1v) is 15.0. The molecule has 4 rings (SSSR count). The highest BCUT2D eigenvalue weighted by Crippen LogP contribution is 2.17. The second kappa shape index (κ2) is 15.5. The van der Waals surface area contributed by atoms with E-state index in [0.29, 0.717) is 38.6 Å². The van der Waals surface area contributed by atoms with Crippen LogP contribution in [0, 0.1) is 0 Å². The van der Waals surface area contributed by atoms with Crippen molar-refractivity contribution in [2.45, 2.75) is 82.7 Å². The van der Waals surface area contributed by atoms with Crippen LogP contribution in [0.5, 0.6) is 0 Å². The summed E-state index contributed by atoms with van der Waals surface area (Å²) < 4.78 is 5.55. The molecular weight excluding hydrogens is 524 g/mol. The molecule has 0 bridgehead atoms. The van der Waals surface area contributed by atoms with Gasteiger partial charge in [0.25, 0.3) is 0 Å². The van der Waals surface area contributed by atoms with Crippen molar-refractivity contribution in [3.05, 3.63) is 87.9 Å². The van der Waals surface area contributed by atoms with Crippen LogP contribution >= 0.6 is 11.3 Å². The normalized spacial score (nSPS) is 18.1. The number of ether oxygens (including phenoxy) is 1. The number of β-amino-alcohol motifs (C(OH)–C–C–N with tert-alkyl or cyclic N) is 1. The first-order valence-electron chi connectivity index (χ1n) is 14.1. The summed E-state index contributed by atoms with van der Waals surface area (Å²) in [7, 11) is 0. The molecule has 4 atom stereocenters.